The average Bonchev–Trinajstić information content (AvgIpc) is 3.11. The molecule has 1 spiro atoms. The number of halogens is 1. The number of pyridine rings is 1. The summed E-state index contributed by atoms with van der Waals surface area (Å²) in [7, 11) is 0. The first kappa shape index (κ1) is 19.3. The van der Waals surface area contributed by atoms with Gasteiger partial charge in [-0.15, -0.1) is 0 Å². The monoisotopic (exact) mass is 410 g/mol. The minimum atomic E-state index is -0.618. The largest absolute Gasteiger partial charge is 0.490 e. The van der Waals surface area contributed by atoms with E-state index in [1.165, 1.54) is 6.20 Å². The molecule has 3 atom stereocenters. The van der Waals surface area contributed by atoms with Crippen molar-refractivity contribution in [1.82, 2.24) is 9.88 Å². The highest BCUT2D eigenvalue weighted by Gasteiger charge is 2.55. The Balaban J connectivity index is 1.60. The minimum absolute atomic E-state index is 0.0557. The number of benzene rings is 1. The predicted octanol–water partition coefficient (Wildman–Crippen LogP) is 3.17. The molecule has 2 N–H and O–H groups in total. The molecule has 1 aromatic carbocycles. The van der Waals surface area contributed by atoms with Gasteiger partial charge in [-0.25, -0.2) is 9.98 Å². The Hall–Kier alpha value is -2.67. The van der Waals surface area contributed by atoms with Crippen molar-refractivity contribution >= 4 is 6.02 Å². The molecule has 7 heteroatoms. The molecule has 0 bridgehead atoms. The van der Waals surface area contributed by atoms with E-state index in [-0.39, 0.29) is 18.0 Å². The molecular weight excluding hydrogens is 383 g/mol. The van der Waals surface area contributed by atoms with E-state index >= 15 is 0 Å². The highest BCUT2D eigenvalue weighted by Crippen LogP contribution is 2.51. The third kappa shape index (κ3) is 3.12. The molecule has 5 rings (SSSR count). The molecule has 4 heterocycles. The number of nitrogens with two attached hydrogens (primary N) is 1. The molecule has 0 aliphatic carbocycles. The summed E-state index contributed by atoms with van der Waals surface area (Å²) in [5.74, 6) is 0.992. The molecule has 1 saturated heterocycles. The van der Waals surface area contributed by atoms with E-state index in [1.807, 2.05) is 18.2 Å². The van der Waals surface area contributed by atoms with Gasteiger partial charge in [-0.1, -0.05) is 19.9 Å². The Morgan fingerprint density at radius 1 is 1.33 bits per heavy atom. The van der Waals surface area contributed by atoms with Crippen LogP contribution in [0.15, 0.2) is 41.5 Å². The van der Waals surface area contributed by atoms with Gasteiger partial charge in [0.2, 0.25) is 5.95 Å². The van der Waals surface area contributed by atoms with Crippen LogP contribution in [0.3, 0.4) is 0 Å². The summed E-state index contributed by atoms with van der Waals surface area (Å²) in [6.45, 7) is 7.76. The third-order valence-corrected chi connectivity index (χ3v) is 6.41. The summed E-state index contributed by atoms with van der Waals surface area (Å²) in [6.07, 6.45) is 2.45. The number of hydrogen-bond donors (Lipinski definition) is 1. The van der Waals surface area contributed by atoms with Gasteiger partial charge in [0.05, 0.1) is 0 Å². The summed E-state index contributed by atoms with van der Waals surface area (Å²) in [5, 5.41) is 0. The van der Waals surface area contributed by atoms with E-state index in [0.717, 1.165) is 42.9 Å². The van der Waals surface area contributed by atoms with Crippen LogP contribution in [-0.2, 0) is 10.3 Å². The van der Waals surface area contributed by atoms with Crippen LogP contribution in [0, 0.1) is 17.8 Å². The first-order chi connectivity index (χ1) is 14.5. The van der Waals surface area contributed by atoms with Crippen molar-refractivity contribution in [2.24, 2.45) is 22.6 Å². The molecule has 3 aliphatic heterocycles. The molecule has 0 amide bonds. The molecule has 1 fully saturated rings. The van der Waals surface area contributed by atoms with Crippen LogP contribution < -0.4 is 10.5 Å². The van der Waals surface area contributed by atoms with Crippen molar-refractivity contribution in [3.05, 3.63) is 48.0 Å². The van der Waals surface area contributed by atoms with Crippen LogP contribution in [0.4, 0.5) is 4.39 Å². The topological polar surface area (TPSA) is 73.0 Å². The molecule has 158 valence electrons. The Kier molecular flexibility index (Phi) is 4.65. The number of fused-ring (bicyclic) bond motifs is 4. The maximum atomic E-state index is 14.4. The number of aliphatic imine (C=N–C) groups is 1. The number of rotatable bonds is 3. The number of nitrogens with zero attached hydrogens (tertiary/aromatic N) is 3. The summed E-state index contributed by atoms with van der Waals surface area (Å²) in [4.78, 5) is 11.1. The molecule has 3 aliphatic rings. The zero-order valence-corrected chi connectivity index (χ0v) is 17.3. The van der Waals surface area contributed by atoms with Gasteiger partial charge in [0.25, 0.3) is 6.02 Å². The molecule has 30 heavy (non-hydrogen) atoms. The van der Waals surface area contributed by atoms with Crippen LogP contribution in [0.5, 0.6) is 5.75 Å². The lowest BCUT2D eigenvalue weighted by atomic mass is 9.71. The normalized spacial score (nSPS) is 27.9. The number of hydrogen-bond acceptors (Lipinski definition) is 6. The van der Waals surface area contributed by atoms with Crippen LogP contribution in [0.25, 0.3) is 11.1 Å². The van der Waals surface area contributed by atoms with Crippen molar-refractivity contribution in [3.63, 3.8) is 0 Å². The Labute approximate surface area is 175 Å². The van der Waals surface area contributed by atoms with E-state index in [9.17, 15) is 4.39 Å². The van der Waals surface area contributed by atoms with Gasteiger partial charge >= 0.3 is 0 Å². The zero-order chi connectivity index (χ0) is 20.9. The minimum Gasteiger partial charge on any atom is -0.490 e. The van der Waals surface area contributed by atoms with Crippen LogP contribution >= 0.6 is 0 Å². The molecule has 1 aromatic heterocycles. The second-order valence-electron chi connectivity index (χ2n) is 8.92. The fraction of sp³-hybridized carbons (Fsp3) is 0.478. The standard InChI is InChI=1S/C23H27FN4O2/c1-14(2)11-28-9-7-20-18(12-28)23(13-29-22(25)27-23)17-10-15(5-6-19(17)30-20)16-4-3-8-26-21(16)24/h3-6,8,10,14,18,20H,7,9,11-13H2,1-2H3,(H2,25,27). The predicted molar refractivity (Wildman–Crippen MR) is 113 cm³/mol. The van der Waals surface area contributed by atoms with E-state index < -0.39 is 11.5 Å². The quantitative estimate of drug-likeness (QED) is 0.787. The van der Waals surface area contributed by atoms with Crippen LogP contribution in [0.2, 0.25) is 0 Å². The zero-order valence-electron chi connectivity index (χ0n) is 17.3. The molecule has 3 unspecified atom stereocenters. The van der Waals surface area contributed by atoms with Gasteiger partial charge in [0, 0.05) is 42.9 Å². The average molecular weight is 410 g/mol. The summed E-state index contributed by atoms with van der Waals surface area (Å²) in [5.41, 5.74) is 7.51. The van der Waals surface area contributed by atoms with Gasteiger partial charge < -0.3 is 20.1 Å². The number of aromatic nitrogens is 1. The summed E-state index contributed by atoms with van der Waals surface area (Å²) in [6, 6.07) is 9.44. The molecule has 0 saturated carbocycles. The Morgan fingerprint density at radius 2 is 2.20 bits per heavy atom. The van der Waals surface area contributed by atoms with E-state index in [2.05, 4.69) is 23.7 Å². The summed E-state index contributed by atoms with van der Waals surface area (Å²) < 4.78 is 26.5. The van der Waals surface area contributed by atoms with Crippen molar-refractivity contribution in [3.8, 4) is 16.9 Å². The first-order valence-electron chi connectivity index (χ1n) is 10.6. The third-order valence-electron chi connectivity index (χ3n) is 6.41. The molecular formula is C23H27FN4O2. The van der Waals surface area contributed by atoms with Gasteiger partial charge in [0.15, 0.2) is 0 Å². The molecule has 0 radical (unpaired) electrons. The van der Waals surface area contributed by atoms with Crippen LogP contribution in [0.1, 0.15) is 25.8 Å². The van der Waals surface area contributed by atoms with Crippen LogP contribution in [-0.4, -0.2) is 48.3 Å². The number of piperidine rings is 1. The highest BCUT2D eigenvalue weighted by atomic mass is 19.1. The fourth-order valence-electron chi connectivity index (χ4n) is 5.16. The second-order valence-corrected chi connectivity index (χ2v) is 8.92. The van der Waals surface area contributed by atoms with Crippen molar-refractivity contribution < 1.29 is 13.9 Å². The van der Waals surface area contributed by atoms with Crippen molar-refractivity contribution in [1.29, 1.82) is 0 Å². The van der Waals surface area contributed by atoms with E-state index in [0.29, 0.717) is 18.1 Å². The lowest BCUT2D eigenvalue weighted by molar-refractivity contribution is -0.0259. The van der Waals surface area contributed by atoms with E-state index in [4.69, 9.17) is 20.2 Å². The van der Waals surface area contributed by atoms with Crippen molar-refractivity contribution in [2.75, 3.05) is 26.2 Å². The molecule has 2 aromatic rings. The smallest absolute Gasteiger partial charge is 0.283 e. The Morgan fingerprint density at radius 3 is 2.93 bits per heavy atom. The SMILES string of the molecule is CC(C)CN1CCC2Oc3ccc(-c4cccnc4F)cc3C3(COC(N)=N3)C2C1. The number of amidine groups is 1. The van der Waals surface area contributed by atoms with Gasteiger partial charge in [0.1, 0.15) is 24.0 Å². The maximum Gasteiger partial charge on any atom is 0.283 e. The fourth-order valence-corrected chi connectivity index (χ4v) is 5.16. The van der Waals surface area contributed by atoms with Gasteiger partial charge in [-0.05, 0) is 42.2 Å². The Bertz CT molecular complexity index is 995. The van der Waals surface area contributed by atoms with Gasteiger partial charge in [-0.3, -0.25) is 0 Å². The van der Waals surface area contributed by atoms with Gasteiger partial charge in [-0.2, -0.15) is 4.39 Å². The highest BCUT2D eigenvalue weighted by molar-refractivity contribution is 5.75. The lowest BCUT2D eigenvalue weighted by Crippen LogP contribution is -2.57. The number of likely N-dealkylation sites (tertiary alicyclic amines) is 1. The maximum absolute atomic E-state index is 14.4. The molecule has 6 nitrogen and oxygen atoms in total. The lowest BCUT2D eigenvalue weighted by Gasteiger charge is -2.49. The first-order valence-corrected chi connectivity index (χ1v) is 10.6. The second kappa shape index (κ2) is 7.23. The van der Waals surface area contributed by atoms with Crippen molar-refractivity contribution in [2.45, 2.75) is 31.9 Å². The van der Waals surface area contributed by atoms with E-state index in [1.54, 1.807) is 12.1 Å². The summed E-state index contributed by atoms with van der Waals surface area (Å²) >= 11 is 0. The number of ether oxygens (including phenoxy) is 2.